The van der Waals surface area contributed by atoms with Crippen LogP contribution >= 0.6 is 0 Å². The predicted molar refractivity (Wildman–Crippen MR) is 90.0 cm³/mol. The van der Waals surface area contributed by atoms with Crippen LogP contribution in [0.5, 0.6) is 0 Å². The molecule has 114 valence electrons. The number of allylic oxidation sites excluding steroid dienone is 4. The minimum Gasteiger partial charge on any atom is -0.0853 e. The molecular formula is C20H34. The van der Waals surface area contributed by atoms with Crippen molar-refractivity contribution in [3.05, 3.63) is 23.3 Å². The Hall–Kier alpha value is -0.520. The number of unbranched alkanes of at least 4 members (excludes halogenated alkanes) is 1. The minimum absolute atomic E-state index is 0.973. The van der Waals surface area contributed by atoms with Crippen molar-refractivity contribution in [3.63, 3.8) is 0 Å². The second-order valence-corrected chi connectivity index (χ2v) is 6.97. The van der Waals surface area contributed by atoms with Crippen LogP contribution in [0.25, 0.3) is 0 Å². The van der Waals surface area contributed by atoms with Crippen LogP contribution in [0.15, 0.2) is 23.3 Å². The van der Waals surface area contributed by atoms with Crippen LogP contribution in [0.2, 0.25) is 0 Å². The van der Waals surface area contributed by atoms with Crippen LogP contribution in [0.3, 0.4) is 0 Å². The minimum atomic E-state index is 0.973. The van der Waals surface area contributed by atoms with E-state index in [1.807, 2.05) is 0 Å². The van der Waals surface area contributed by atoms with Gasteiger partial charge in [0.25, 0.3) is 0 Å². The number of rotatable bonds is 9. The first-order valence-corrected chi connectivity index (χ1v) is 9.24. The average Bonchev–Trinajstić information content (AvgIpc) is 2.99. The summed E-state index contributed by atoms with van der Waals surface area (Å²) in [6, 6.07) is 0. The standard InChI is InChI=1S/C20H34/c1-2-3-10-19(17-20-13-5-4-6-14-20)16-9-15-18-11-7-8-12-18/h11,13,19H,2-10,12,14-17H2,1H3. The molecule has 0 aromatic rings. The van der Waals surface area contributed by atoms with E-state index in [2.05, 4.69) is 19.1 Å². The van der Waals surface area contributed by atoms with Gasteiger partial charge >= 0.3 is 0 Å². The van der Waals surface area contributed by atoms with E-state index in [4.69, 9.17) is 0 Å². The Bertz CT molecular complexity index is 321. The molecule has 2 aliphatic carbocycles. The molecule has 0 heteroatoms. The van der Waals surface area contributed by atoms with Crippen molar-refractivity contribution >= 4 is 0 Å². The summed E-state index contributed by atoms with van der Waals surface area (Å²) in [6.45, 7) is 2.33. The smallest absolute Gasteiger partial charge is 0.0292 e. The summed E-state index contributed by atoms with van der Waals surface area (Å²) in [7, 11) is 0. The lowest BCUT2D eigenvalue weighted by molar-refractivity contribution is 0.409. The Morgan fingerprint density at radius 2 is 1.65 bits per heavy atom. The van der Waals surface area contributed by atoms with Gasteiger partial charge in [0.1, 0.15) is 0 Å². The topological polar surface area (TPSA) is 0 Å². The largest absolute Gasteiger partial charge is 0.0853 e. The molecule has 0 aromatic carbocycles. The van der Waals surface area contributed by atoms with E-state index in [0.717, 1.165) is 5.92 Å². The van der Waals surface area contributed by atoms with E-state index in [1.165, 1.54) is 89.9 Å². The summed E-state index contributed by atoms with van der Waals surface area (Å²) < 4.78 is 0. The molecule has 1 unspecified atom stereocenters. The Morgan fingerprint density at radius 1 is 0.900 bits per heavy atom. The summed E-state index contributed by atoms with van der Waals surface area (Å²) in [6.07, 6.45) is 24.8. The van der Waals surface area contributed by atoms with E-state index >= 15 is 0 Å². The van der Waals surface area contributed by atoms with Crippen molar-refractivity contribution in [3.8, 4) is 0 Å². The van der Waals surface area contributed by atoms with Gasteiger partial charge in [-0.3, -0.25) is 0 Å². The van der Waals surface area contributed by atoms with Crippen molar-refractivity contribution in [2.45, 2.75) is 96.8 Å². The third-order valence-corrected chi connectivity index (χ3v) is 5.15. The van der Waals surface area contributed by atoms with E-state index in [-0.39, 0.29) is 0 Å². The molecule has 0 spiro atoms. The lowest BCUT2D eigenvalue weighted by atomic mass is 9.85. The second kappa shape index (κ2) is 9.42. The highest BCUT2D eigenvalue weighted by molar-refractivity contribution is 5.08. The lowest BCUT2D eigenvalue weighted by Gasteiger charge is -2.21. The highest BCUT2D eigenvalue weighted by Gasteiger charge is 2.13. The van der Waals surface area contributed by atoms with Crippen LogP contribution in [0.4, 0.5) is 0 Å². The van der Waals surface area contributed by atoms with Gasteiger partial charge in [0.15, 0.2) is 0 Å². The molecule has 0 saturated carbocycles. The molecule has 0 radical (unpaired) electrons. The van der Waals surface area contributed by atoms with E-state index < -0.39 is 0 Å². The molecule has 0 heterocycles. The molecule has 0 nitrogen and oxygen atoms in total. The van der Waals surface area contributed by atoms with E-state index in [9.17, 15) is 0 Å². The molecule has 2 aliphatic rings. The molecule has 2 rings (SSSR count). The Kier molecular flexibility index (Phi) is 7.47. The first-order valence-electron chi connectivity index (χ1n) is 9.24. The molecule has 1 atom stereocenters. The second-order valence-electron chi connectivity index (χ2n) is 6.97. The molecule has 0 N–H and O–H groups in total. The highest BCUT2D eigenvalue weighted by atomic mass is 14.2. The predicted octanol–water partition coefficient (Wildman–Crippen LogP) is 6.96. The van der Waals surface area contributed by atoms with Crippen molar-refractivity contribution in [1.82, 2.24) is 0 Å². The molecule has 0 aliphatic heterocycles. The van der Waals surface area contributed by atoms with Crippen molar-refractivity contribution in [1.29, 1.82) is 0 Å². The molecule has 0 saturated heterocycles. The Balaban J connectivity index is 1.72. The third-order valence-electron chi connectivity index (χ3n) is 5.15. The van der Waals surface area contributed by atoms with Gasteiger partial charge in [0.2, 0.25) is 0 Å². The zero-order valence-electron chi connectivity index (χ0n) is 13.6. The maximum absolute atomic E-state index is 2.56. The van der Waals surface area contributed by atoms with Gasteiger partial charge in [-0.15, -0.1) is 0 Å². The SMILES string of the molecule is CCCCC(CCCC1=CCCC1)CC1=CCCCC1. The van der Waals surface area contributed by atoms with Crippen molar-refractivity contribution < 1.29 is 0 Å². The Labute approximate surface area is 126 Å². The molecule has 0 amide bonds. The fourth-order valence-corrected chi connectivity index (χ4v) is 3.88. The van der Waals surface area contributed by atoms with Crippen molar-refractivity contribution in [2.75, 3.05) is 0 Å². The van der Waals surface area contributed by atoms with Crippen LogP contribution in [0.1, 0.15) is 96.8 Å². The maximum atomic E-state index is 2.56. The number of hydrogen-bond acceptors (Lipinski definition) is 0. The maximum Gasteiger partial charge on any atom is -0.0292 e. The molecule has 20 heavy (non-hydrogen) atoms. The third kappa shape index (κ3) is 5.85. The van der Waals surface area contributed by atoms with Crippen LogP contribution in [0, 0.1) is 5.92 Å². The zero-order chi connectivity index (χ0) is 14.0. The van der Waals surface area contributed by atoms with Gasteiger partial charge < -0.3 is 0 Å². The molecular weight excluding hydrogens is 240 g/mol. The van der Waals surface area contributed by atoms with Gasteiger partial charge in [-0.05, 0) is 76.5 Å². The summed E-state index contributed by atoms with van der Waals surface area (Å²) in [5.74, 6) is 0.973. The van der Waals surface area contributed by atoms with Crippen LogP contribution in [-0.4, -0.2) is 0 Å². The monoisotopic (exact) mass is 274 g/mol. The fourth-order valence-electron chi connectivity index (χ4n) is 3.88. The summed E-state index contributed by atoms with van der Waals surface area (Å²) >= 11 is 0. The quantitative estimate of drug-likeness (QED) is 0.398. The summed E-state index contributed by atoms with van der Waals surface area (Å²) in [5, 5.41) is 0. The van der Waals surface area contributed by atoms with Gasteiger partial charge in [0.05, 0.1) is 0 Å². The van der Waals surface area contributed by atoms with Crippen LogP contribution < -0.4 is 0 Å². The van der Waals surface area contributed by atoms with Gasteiger partial charge in [-0.2, -0.15) is 0 Å². The van der Waals surface area contributed by atoms with Gasteiger partial charge in [-0.1, -0.05) is 49.5 Å². The number of hydrogen-bond donors (Lipinski definition) is 0. The lowest BCUT2D eigenvalue weighted by Crippen LogP contribution is -2.05. The van der Waals surface area contributed by atoms with Crippen molar-refractivity contribution in [2.24, 2.45) is 5.92 Å². The molecule has 0 bridgehead atoms. The summed E-state index contributed by atoms with van der Waals surface area (Å²) in [4.78, 5) is 0. The first-order chi connectivity index (χ1) is 9.88. The van der Waals surface area contributed by atoms with Crippen LogP contribution in [-0.2, 0) is 0 Å². The first kappa shape index (κ1) is 15.9. The molecule has 0 aromatic heterocycles. The van der Waals surface area contributed by atoms with E-state index in [0.29, 0.717) is 0 Å². The average molecular weight is 274 g/mol. The fraction of sp³-hybridized carbons (Fsp3) is 0.800. The normalized spacial score (nSPS) is 20.6. The zero-order valence-corrected chi connectivity index (χ0v) is 13.6. The van der Waals surface area contributed by atoms with Gasteiger partial charge in [0, 0.05) is 0 Å². The highest BCUT2D eigenvalue weighted by Crippen LogP contribution is 2.30. The summed E-state index contributed by atoms with van der Waals surface area (Å²) in [5.41, 5.74) is 3.55. The van der Waals surface area contributed by atoms with E-state index in [1.54, 1.807) is 11.1 Å². The van der Waals surface area contributed by atoms with Gasteiger partial charge in [-0.25, -0.2) is 0 Å². The molecule has 0 fully saturated rings. The Morgan fingerprint density at radius 3 is 2.35 bits per heavy atom.